The molecule has 1 N–H and O–H groups in total. The van der Waals surface area contributed by atoms with Gasteiger partial charge in [0.05, 0.1) is 6.10 Å². The third-order valence-corrected chi connectivity index (χ3v) is 2.92. The van der Waals surface area contributed by atoms with E-state index in [4.69, 9.17) is 4.74 Å². The molecule has 0 aliphatic heterocycles. The van der Waals surface area contributed by atoms with E-state index in [0.29, 0.717) is 0 Å². The van der Waals surface area contributed by atoms with E-state index < -0.39 is 6.10 Å². The van der Waals surface area contributed by atoms with Crippen LogP contribution in [0.25, 0.3) is 6.08 Å². The predicted octanol–water partition coefficient (Wildman–Crippen LogP) is 2.65. The molecule has 98 valence electrons. The van der Waals surface area contributed by atoms with Crippen molar-refractivity contribution in [1.82, 2.24) is 0 Å². The fraction of sp³-hybridized carbons (Fsp3) is 0.400. The Balaban J connectivity index is 2.56. The summed E-state index contributed by atoms with van der Waals surface area (Å²) < 4.78 is 5.05. The van der Waals surface area contributed by atoms with Gasteiger partial charge in [-0.15, -0.1) is 0 Å². The normalized spacial score (nSPS) is 16.2. The number of hydrogen-bond acceptors (Lipinski definition) is 3. The lowest BCUT2D eigenvalue weighted by molar-refractivity contribution is -0.149. The number of rotatable bonds is 5. The summed E-state index contributed by atoms with van der Waals surface area (Å²) in [6.07, 6.45) is 2.64. The Labute approximate surface area is 108 Å². The third kappa shape index (κ3) is 4.72. The highest BCUT2D eigenvalue weighted by Crippen LogP contribution is 2.14. The van der Waals surface area contributed by atoms with Crippen LogP contribution in [0.5, 0.6) is 0 Å². The minimum Gasteiger partial charge on any atom is -0.462 e. The lowest BCUT2D eigenvalue weighted by Gasteiger charge is -2.22. The first-order valence-corrected chi connectivity index (χ1v) is 6.09. The molecule has 0 saturated heterocycles. The summed E-state index contributed by atoms with van der Waals surface area (Å²) in [5, 5.41) is 9.98. The van der Waals surface area contributed by atoms with Crippen LogP contribution in [0.15, 0.2) is 36.4 Å². The second kappa shape index (κ2) is 6.97. The summed E-state index contributed by atoms with van der Waals surface area (Å²) >= 11 is 0. The largest absolute Gasteiger partial charge is 0.462 e. The molecule has 0 heterocycles. The molecule has 3 atom stereocenters. The van der Waals surface area contributed by atoms with E-state index in [-0.39, 0.29) is 18.0 Å². The lowest BCUT2D eigenvalue weighted by Crippen LogP contribution is -2.29. The van der Waals surface area contributed by atoms with E-state index >= 15 is 0 Å². The maximum absolute atomic E-state index is 10.8. The van der Waals surface area contributed by atoms with Gasteiger partial charge in [0.1, 0.15) is 6.10 Å². The van der Waals surface area contributed by atoms with Gasteiger partial charge in [0.15, 0.2) is 0 Å². The van der Waals surface area contributed by atoms with Crippen LogP contribution in [0.1, 0.15) is 26.3 Å². The van der Waals surface area contributed by atoms with Gasteiger partial charge in [0.25, 0.3) is 0 Å². The number of carbonyl (C=O) groups is 1. The van der Waals surface area contributed by atoms with Gasteiger partial charge < -0.3 is 9.84 Å². The van der Waals surface area contributed by atoms with Crippen LogP contribution < -0.4 is 0 Å². The van der Waals surface area contributed by atoms with Crippen molar-refractivity contribution in [1.29, 1.82) is 0 Å². The van der Waals surface area contributed by atoms with Gasteiger partial charge in [-0.25, -0.2) is 0 Å². The number of benzene rings is 1. The van der Waals surface area contributed by atoms with Crippen LogP contribution in [-0.4, -0.2) is 23.3 Å². The molecule has 1 rings (SSSR count). The molecule has 3 heteroatoms. The zero-order valence-electron chi connectivity index (χ0n) is 11.0. The highest BCUT2D eigenvalue weighted by Gasteiger charge is 2.20. The SMILES string of the molecule is CC(=O)OC(C)[C@H](C)[C@@H](O)/C=C/c1ccccc1. The Morgan fingerprint density at radius 3 is 2.44 bits per heavy atom. The maximum atomic E-state index is 10.8. The van der Waals surface area contributed by atoms with Crippen LogP contribution in [0.3, 0.4) is 0 Å². The van der Waals surface area contributed by atoms with Crippen molar-refractivity contribution in [2.24, 2.45) is 5.92 Å². The molecule has 0 aromatic heterocycles. The zero-order valence-corrected chi connectivity index (χ0v) is 11.0. The fourth-order valence-electron chi connectivity index (χ4n) is 1.60. The van der Waals surface area contributed by atoms with Crippen molar-refractivity contribution >= 4 is 12.0 Å². The molecule has 1 aromatic carbocycles. The van der Waals surface area contributed by atoms with E-state index in [9.17, 15) is 9.90 Å². The smallest absolute Gasteiger partial charge is 0.302 e. The number of hydrogen-bond donors (Lipinski definition) is 1. The van der Waals surface area contributed by atoms with E-state index in [0.717, 1.165) is 5.56 Å². The standard InChI is InChI=1S/C15H20O3/c1-11(12(2)18-13(3)16)15(17)10-9-14-7-5-4-6-8-14/h4-12,15,17H,1-3H3/b10-9+/t11-,12?,15-/m0/s1. The molecular formula is C15H20O3. The molecule has 18 heavy (non-hydrogen) atoms. The maximum Gasteiger partial charge on any atom is 0.302 e. The molecule has 0 bridgehead atoms. The van der Waals surface area contributed by atoms with Gasteiger partial charge in [-0.1, -0.05) is 49.4 Å². The number of aliphatic hydroxyl groups is 1. The van der Waals surface area contributed by atoms with Crippen molar-refractivity contribution in [3.63, 3.8) is 0 Å². The second-order valence-electron chi connectivity index (χ2n) is 4.43. The monoisotopic (exact) mass is 248 g/mol. The van der Waals surface area contributed by atoms with Gasteiger partial charge in [-0.05, 0) is 12.5 Å². The van der Waals surface area contributed by atoms with E-state index in [1.807, 2.05) is 43.3 Å². The first-order chi connectivity index (χ1) is 8.50. The van der Waals surface area contributed by atoms with Crippen LogP contribution in [0, 0.1) is 5.92 Å². The molecule has 0 amide bonds. The van der Waals surface area contributed by atoms with E-state index in [1.54, 1.807) is 13.0 Å². The molecular weight excluding hydrogens is 228 g/mol. The minimum atomic E-state index is -0.639. The highest BCUT2D eigenvalue weighted by molar-refractivity contribution is 5.66. The highest BCUT2D eigenvalue weighted by atomic mass is 16.5. The summed E-state index contributed by atoms with van der Waals surface area (Å²) in [7, 11) is 0. The second-order valence-corrected chi connectivity index (χ2v) is 4.43. The summed E-state index contributed by atoms with van der Waals surface area (Å²) in [5.74, 6) is -0.470. The van der Waals surface area contributed by atoms with Crippen molar-refractivity contribution in [2.75, 3.05) is 0 Å². The molecule has 0 spiro atoms. The topological polar surface area (TPSA) is 46.5 Å². The molecule has 1 aromatic rings. The summed E-state index contributed by atoms with van der Waals surface area (Å²) in [6, 6.07) is 9.75. The summed E-state index contributed by atoms with van der Waals surface area (Å²) in [6.45, 7) is 5.01. The number of aliphatic hydroxyl groups excluding tert-OH is 1. The molecule has 1 unspecified atom stereocenters. The zero-order chi connectivity index (χ0) is 13.5. The van der Waals surface area contributed by atoms with Gasteiger partial charge in [-0.3, -0.25) is 4.79 Å². The molecule has 0 aliphatic carbocycles. The van der Waals surface area contributed by atoms with Gasteiger partial charge >= 0.3 is 5.97 Å². The van der Waals surface area contributed by atoms with Crippen LogP contribution in [0.2, 0.25) is 0 Å². The van der Waals surface area contributed by atoms with Crippen molar-refractivity contribution < 1.29 is 14.6 Å². The minimum absolute atomic E-state index is 0.145. The quantitative estimate of drug-likeness (QED) is 0.815. The Morgan fingerprint density at radius 2 is 1.89 bits per heavy atom. The lowest BCUT2D eigenvalue weighted by atomic mass is 9.98. The van der Waals surface area contributed by atoms with Crippen molar-refractivity contribution in [3.8, 4) is 0 Å². The van der Waals surface area contributed by atoms with Gasteiger partial charge in [0, 0.05) is 12.8 Å². The first kappa shape index (κ1) is 14.5. The Hall–Kier alpha value is -1.61. The molecule has 0 radical (unpaired) electrons. The average molecular weight is 248 g/mol. The Bertz CT molecular complexity index is 397. The van der Waals surface area contributed by atoms with Crippen LogP contribution >= 0.6 is 0 Å². The van der Waals surface area contributed by atoms with E-state index in [1.165, 1.54) is 6.92 Å². The first-order valence-electron chi connectivity index (χ1n) is 6.09. The Kier molecular flexibility index (Phi) is 5.59. The van der Waals surface area contributed by atoms with Gasteiger partial charge in [0.2, 0.25) is 0 Å². The predicted molar refractivity (Wildman–Crippen MR) is 71.9 cm³/mol. The number of ether oxygens (including phenoxy) is 1. The van der Waals surface area contributed by atoms with E-state index in [2.05, 4.69) is 0 Å². The number of esters is 1. The molecule has 0 aliphatic rings. The third-order valence-electron chi connectivity index (χ3n) is 2.92. The fourth-order valence-corrected chi connectivity index (χ4v) is 1.60. The summed E-state index contributed by atoms with van der Waals surface area (Å²) in [5.41, 5.74) is 1.03. The van der Waals surface area contributed by atoms with Crippen molar-refractivity contribution in [3.05, 3.63) is 42.0 Å². The van der Waals surface area contributed by atoms with Gasteiger partial charge in [-0.2, -0.15) is 0 Å². The van der Waals surface area contributed by atoms with Crippen molar-refractivity contribution in [2.45, 2.75) is 33.0 Å². The number of carbonyl (C=O) groups excluding carboxylic acids is 1. The van der Waals surface area contributed by atoms with Crippen LogP contribution in [-0.2, 0) is 9.53 Å². The molecule has 3 nitrogen and oxygen atoms in total. The van der Waals surface area contributed by atoms with Crippen LogP contribution in [0.4, 0.5) is 0 Å². The Morgan fingerprint density at radius 1 is 1.28 bits per heavy atom. The molecule has 0 fully saturated rings. The molecule has 0 saturated carbocycles. The average Bonchev–Trinajstić information content (AvgIpc) is 2.35. The summed E-state index contributed by atoms with van der Waals surface area (Å²) in [4.78, 5) is 10.8.